The van der Waals surface area contributed by atoms with Crippen LogP contribution in [0.5, 0.6) is 0 Å². The average molecular weight is 530 g/mol. The Morgan fingerprint density at radius 2 is 1.86 bits per heavy atom. The number of carbonyl (C=O) groups is 2. The molecular weight excluding hydrogens is 501 g/mol. The highest BCUT2D eigenvalue weighted by Crippen LogP contribution is 2.31. The van der Waals surface area contributed by atoms with E-state index in [-0.39, 0.29) is 12.5 Å². The first-order valence-corrected chi connectivity index (χ1v) is 12.7. The summed E-state index contributed by atoms with van der Waals surface area (Å²) in [5.41, 5.74) is 3.73. The molecule has 7 nitrogen and oxygen atoms in total. The highest BCUT2D eigenvalue weighted by Gasteiger charge is 2.34. The fraction of sp³-hybridized carbons (Fsp3) is 0.370. The molecule has 1 amide bonds. The average Bonchev–Trinajstić information content (AvgIpc) is 3.46. The van der Waals surface area contributed by atoms with E-state index in [4.69, 9.17) is 33.0 Å². The number of nitrogens with zero attached hydrogens (tertiary/aromatic N) is 3. The quantitative estimate of drug-likeness (QED) is 0.351. The SMILES string of the molecule is Cn1nc(CCCCOCc2cccc(Cl)c2)c(C(=O)N2CC[C@H](C(=O)O)C2)c1-c1cccc(Cl)c1. The summed E-state index contributed by atoms with van der Waals surface area (Å²) in [6.07, 6.45) is 2.65. The molecule has 1 saturated heterocycles. The van der Waals surface area contributed by atoms with E-state index in [0.717, 1.165) is 24.0 Å². The van der Waals surface area contributed by atoms with Crippen LogP contribution >= 0.6 is 23.2 Å². The Kier molecular flexibility index (Phi) is 8.67. The molecule has 0 unspecified atom stereocenters. The van der Waals surface area contributed by atoms with Crippen LogP contribution in [0.15, 0.2) is 48.5 Å². The highest BCUT2D eigenvalue weighted by atomic mass is 35.5. The summed E-state index contributed by atoms with van der Waals surface area (Å²) >= 11 is 12.3. The van der Waals surface area contributed by atoms with E-state index >= 15 is 0 Å². The minimum atomic E-state index is -0.871. The van der Waals surface area contributed by atoms with Crippen LogP contribution < -0.4 is 0 Å². The van der Waals surface area contributed by atoms with E-state index in [1.54, 1.807) is 15.6 Å². The second kappa shape index (κ2) is 11.9. The second-order valence-electron chi connectivity index (χ2n) is 9.02. The lowest BCUT2D eigenvalue weighted by molar-refractivity contribution is -0.141. The molecule has 0 radical (unpaired) electrons. The first-order chi connectivity index (χ1) is 17.3. The monoisotopic (exact) mass is 529 g/mol. The summed E-state index contributed by atoms with van der Waals surface area (Å²) in [5, 5.41) is 15.3. The molecule has 0 bridgehead atoms. The van der Waals surface area contributed by atoms with E-state index < -0.39 is 11.9 Å². The summed E-state index contributed by atoms with van der Waals surface area (Å²) in [5.74, 6) is -1.60. The van der Waals surface area contributed by atoms with Crippen molar-refractivity contribution in [1.82, 2.24) is 14.7 Å². The number of carboxylic acids is 1. The Balaban J connectivity index is 1.47. The third kappa shape index (κ3) is 6.27. The number of amides is 1. The number of rotatable bonds is 10. The number of benzene rings is 2. The predicted molar refractivity (Wildman–Crippen MR) is 139 cm³/mol. The summed E-state index contributed by atoms with van der Waals surface area (Å²) in [6.45, 7) is 1.69. The molecule has 1 aromatic heterocycles. The molecule has 2 aromatic carbocycles. The Bertz CT molecular complexity index is 1240. The van der Waals surface area contributed by atoms with E-state index in [2.05, 4.69) is 0 Å². The number of hydrogen-bond acceptors (Lipinski definition) is 4. The van der Waals surface area contributed by atoms with Crippen molar-refractivity contribution in [2.24, 2.45) is 13.0 Å². The van der Waals surface area contributed by atoms with Gasteiger partial charge in [0.1, 0.15) is 0 Å². The van der Waals surface area contributed by atoms with Crippen molar-refractivity contribution in [1.29, 1.82) is 0 Å². The van der Waals surface area contributed by atoms with Crippen LogP contribution in [0.2, 0.25) is 10.0 Å². The standard InChI is InChI=1S/C27H29Cl2N3O4/c1-31-25(19-7-5-9-22(29)15-19)24(26(33)32-12-11-20(16-32)27(34)35)23(30-31)10-2-3-13-36-17-18-6-4-8-21(28)14-18/h4-9,14-15,20H,2-3,10-13,16-17H2,1H3,(H,34,35)/t20-/m0/s1. The van der Waals surface area contributed by atoms with Gasteiger partial charge in [-0.25, -0.2) is 0 Å². The van der Waals surface area contributed by atoms with Crippen molar-refractivity contribution < 1.29 is 19.4 Å². The lowest BCUT2D eigenvalue weighted by Gasteiger charge is -2.17. The maximum absolute atomic E-state index is 13.7. The van der Waals surface area contributed by atoms with E-state index in [1.807, 2.05) is 49.5 Å². The summed E-state index contributed by atoms with van der Waals surface area (Å²) < 4.78 is 7.50. The van der Waals surface area contributed by atoms with Crippen molar-refractivity contribution in [3.05, 3.63) is 75.4 Å². The van der Waals surface area contributed by atoms with Gasteiger partial charge in [0.25, 0.3) is 5.91 Å². The number of ether oxygens (including phenoxy) is 1. The molecule has 0 aliphatic carbocycles. The highest BCUT2D eigenvalue weighted by molar-refractivity contribution is 6.31. The van der Waals surface area contributed by atoms with Gasteiger partial charge in [-0.2, -0.15) is 5.10 Å². The lowest BCUT2D eigenvalue weighted by Crippen LogP contribution is -2.30. The molecule has 3 aromatic rings. The fourth-order valence-electron chi connectivity index (χ4n) is 4.56. The van der Waals surface area contributed by atoms with Gasteiger partial charge >= 0.3 is 5.97 Å². The first-order valence-electron chi connectivity index (χ1n) is 12.0. The normalized spacial score (nSPS) is 15.4. The molecule has 1 fully saturated rings. The van der Waals surface area contributed by atoms with Gasteiger partial charge < -0.3 is 14.7 Å². The Hall–Kier alpha value is -2.87. The van der Waals surface area contributed by atoms with Crippen molar-refractivity contribution in [2.45, 2.75) is 32.3 Å². The summed E-state index contributed by atoms with van der Waals surface area (Å²) in [7, 11) is 1.81. The number of hydrogen-bond donors (Lipinski definition) is 1. The maximum Gasteiger partial charge on any atom is 0.308 e. The van der Waals surface area contributed by atoms with Gasteiger partial charge in [-0.15, -0.1) is 0 Å². The molecule has 1 aliphatic heterocycles. The predicted octanol–water partition coefficient (Wildman–Crippen LogP) is 5.48. The fourth-order valence-corrected chi connectivity index (χ4v) is 4.97. The topological polar surface area (TPSA) is 84.7 Å². The molecular formula is C27H29Cl2N3O4. The number of carboxylic acid groups (broad SMARTS) is 1. The summed E-state index contributed by atoms with van der Waals surface area (Å²) in [6, 6.07) is 14.9. The van der Waals surface area contributed by atoms with Crippen LogP contribution in [0.25, 0.3) is 11.3 Å². The molecule has 36 heavy (non-hydrogen) atoms. The summed E-state index contributed by atoms with van der Waals surface area (Å²) in [4.78, 5) is 26.7. The van der Waals surface area contributed by atoms with Gasteiger partial charge in [-0.05, 0) is 55.5 Å². The number of carbonyl (C=O) groups excluding carboxylic acids is 1. The Morgan fingerprint density at radius 3 is 2.56 bits per heavy atom. The first kappa shape index (κ1) is 26.2. The van der Waals surface area contributed by atoms with Gasteiger partial charge in [0.05, 0.1) is 29.5 Å². The smallest absolute Gasteiger partial charge is 0.308 e. The van der Waals surface area contributed by atoms with Crippen LogP contribution in [-0.4, -0.2) is 51.4 Å². The zero-order chi connectivity index (χ0) is 25.7. The third-order valence-electron chi connectivity index (χ3n) is 6.37. The minimum Gasteiger partial charge on any atom is -0.481 e. The Morgan fingerprint density at radius 1 is 1.11 bits per heavy atom. The zero-order valence-electron chi connectivity index (χ0n) is 20.1. The molecule has 0 spiro atoms. The largest absolute Gasteiger partial charge is 0.481 e. The Labute approximate surface area is 220 Å². The number of aromatic nitrogens is 2. The van der Waals surface area contributed by atoms with Gasteiger partial charge in [0.2, 0.25) is 0 Å². The molecule has 2 heterocycles. The number of halogens is 2. The van der Waals surface area contributed by atoms with E-state index in [1.165, 1.54) is 0 Å². The van der Waals surface area contributed by atoms with Crippen LogP contribution in [0, 0.1) is 5.92 Å². The van der Waals surface area contributed by atoms with Crippen molar-refractivity contribution >= 4 is 35.1 Å². The number of likely N-dealkylation sites (tertiary alicyclic amines) is 1. The molecule has 1 N–H and O–H groups in total. The van der Waals surface area contributed by atoms with Gasteiger partial charge in [-0.3, -0.25) is 14.3 Å². The molecule has 9 heteroatoms. The van der Waals surface area contributed by atoms with Gasteiger partial charge in [0.15, 0.2) is 0 Å². The zero-order valence-corrected chi connectivity index (χ0v) is 21.6. The molecule has 1 aliphatic rings. The third-order valence-corrected chi connectivity index (χ3v) is 6.84. The second-order valence-corrected chi connectivity index (χ2v) is 9.89. The van der Waals surface area contributed by atoms with Crippen LogP contribution in [0.4, 0.5) is 0 Å². The van der Waals surface area contributed by atoms with Crippen molar-refractivity contribution in [3.8, 4) is 11.3 Å². The number of aryl methyl sites for hydroxylation is 2. The van der Waals surface area contributed by atoms with Crippen molar-refractivity contribution in [3.63, 3.8) is 0 Å². The maximum atomic E-state index is 13.7. The van der Waals surface area contributed by atoms with Gasteiger partial charge in [-0.1, -0.05) is 47.5 Å². The number of aliphatic carboxylic acids is 1. The molecule has 4 rings (SSSR count). The van der Waals surface area contributed by atoms with Crippen LogP contribution in [-0.2, 0) is 29.6 Å². The number of unbranched alkanes of at least 4 members (excludes halogenated alkanes) is 1. The van der Waals surface area contributed by atoms with Crippen LogP contribution in [0.3, 0.4) is 0 Å². The van der Waals surface area contributed by atoms with Crippen molar-refractivity contribution in [2.75, 3.05) is 19.7 Å². The molecule has 1 atom stereocenters. The molecule has 190 valence electrons. The van der Waals surface area contributed by atoms with E-state index in [0.29, 0.717) is 59.6 Å². The van der Waals surface area contributed by atoms with E-state index in [9.17, 15) is 14.7 Å². The van der Waals surface area contributed by atoms with Gasteiger partial charge in [0, 0.05) is 42.4 Å². The lowest BCUT2D eigenvalue weighted by atomic mass is 10.0. The minimum absolute atomic E-state index is 0.186. The van der Waals surface area contributed by atoms with Crippen LogP contribution in [0.1, 0.15) is 40.9 Å². The molecule has 0 saturated carbocycles.